The molecule has 2 fully saturated rings. The van der Waals surface area contributed by atoms with E-state index in [0.29, 0.717) is 25.0 Å². The van der Waals surface area contributed by atoms with E-state index in [1.807, 2.05) is 0 Å². The van der Waals surface area contributed by atoms with Gasteiger partial charge in [0.2, 0.25) is 0 Å². The van der Waals surface area contributed by atoms with Crippen molar-refractivity contribution < 1.29 is 4.74 Å². The largest absolute Gasteiger partial charge is 0.373 e. The van der Waals surface area contributed by atoms with Gasteiger partial charge >= 0.3 is 0 Å². The molecule has 0 aliphatic heterocycles. The molecular formula is C40H56Br2O. The molecule has 0 N–H and O–H groups in total. The third kappa shape index (κ3) is 11.6. The van der Waals surface area contributed by atoms with Gasteiger partial charge in [0.15, 0.2) is 0 Å². The van der Waals surface area contributed by atoms with Gasteiger partial charge < -0.3 is 4.74 Å². The summed E-state index contributed by atoms with van der Waals surface area (Å²) in [5.74, 6) is 3.15. The fourth-order valence-corrected chi connectivity index (χ4v) is 8.11. The minimum atomic E-state index is 0.647. The van der Waals surface area contributed by atoms with Crippen LogP contribution in [0.5, 0.6) is 0 Å². The molecule has 1 nitrogen and oxygen atoms in total. The van der Waals surface area contributed by atoms with Crippen LogP contribution in [0.25, 0.3) is 11.1 Å². The molecule has 2 aromatic carbocycles. The highest BCUT2D eigenvalue weighted by Gasteiger charge is 2.25. The number of hydrogen-bond acceptors (Lipinski definition) is 1. The summed E-state index contributed by atoms with van der Waals surface area (Å²) in [4.78, 5) is 0. The normalized spacial score (nSPS) is 23.4. The summed E-state index contributed by atoms with van der Waals surface area (Å²) < 4.78 is 8.66. The van der Waals surface area contributed by atoms with Crippen LogP contribution in [0.1, 0.15) is 128 Å². The van der Waals surface area contributed by atoms with E-state index < -0.39 is 0 Å². The molecule has 0 amide bonds. The van der Waals surface area contributed by atoms with E-state index in [9.17, 15) is 0 Å². The van der Waals surface area contributed by atoms with Crippen LogP contribution in [0.3, 0.4) is 0 Å². The summed E-state index contributed by atoms with van der Waals surface area (Å²) in [6, 6.07) is 17.9. The van der Waals surface area contributed by atoms with Crippen molar-refractivity contribution in [2.45, 2.75) is 117 Å². The molecule has 0 atom stereocenters. The van der Waals surface area contributed by atoms with Gasteiger partial charge in [-0.05, 0) is 122 Å². The topological polar surface area (TPSA) is 9.23 Å². The molecule has 0 aromatic heterocycles. The lowest BCUT2D eigenvalue weighted by atomic mass is 9.75. The van der Waals surface area contributed by atoms with Gasteiger partial charge in [0.05, 0.1) is 13.2 Å². The predicted octanol–water partition coefficient (Wildman–Crippen LogP) is 13.5. The predicted molar refractivity (Wildman–Crippen MR) is 194 cm³/mol. The first-order valence-corrected chi connectivity index (χ1v) is 19.2. The molecule has 0 saturated heterocycles. The van der Waals surface area contributed by atoms with E-state index in [0.717, 1.165) is 20.8 Å². The molecule has 0 unspecified atom stereocenters. The molecule has 0 spiro atoms. The maximum absolute atomic E-state index is 6.37. The molecule has 0 bridgehead atoms. The first-order valence-electron chi connectivity index (χ1n) is 17.6. The second-order valence-electron chi connectivity index (χ2n) is 13.3. The maximum Gasteiger partial charge on any atom is 0.0657 e. The Balaban J connectivity index is 1.38. The van der Waals surface area contributed by atoms with Gasteiger partial charge in [-0.15, -0.1) is 0 Å². The van der Waals surface area contributed by atoms with Crippen molar-refractivity contribution in [1.82, 2.24) is 0 Å². The third-order valence-corrected chi connectivity index (χ3v) is 11.3. The smallest absolute Gasteiger partial charge is 0.0657 e. The van der Waals surface area contributed by atoms with Gasteiger partial charge in [-0.2, -0.15) is 0 Å². The highest BCUT2D eigenvalue weighted by Crippen LogP contribution is 2.41. The minimum Gasteiger partial charge on any atom is -0.373 e. The summed E-state index contributed by atoms with van der Waals surface area (Å²) in [6.45, 7) is 5.98. The van der Waals surface area contributed by atoms with Crippen molar-refractivity contribution in [3.8, 4) is 0 Å². The number of unbranched alkanes of at least 4 members (excludes halogenated alkanes) is 4. The number of rotatable bonds is 16. The number of allylic oxidation sites excluding steroid dienone is 2. The zero-order chi connectivity index (χ0) is 30.3. The molecular weight excluding hydrogens is 656 g/mol. The second kappa shape index (κ2) is 19.4. The Morgan fingerprint density at radius 3 is 1.30 bits per heavy atom. The SMILES string of the molecule is CCCCC[C@H]1CC[C@H](C(=CCOCC=C(c2ccc(Br)cc2)[C@H]2CC[C@H](CCCCC)CC2)c2ccc(Br)cc2)CC1. The highest BCUT2D eigenvalue weighted by molar-refractivity contribution is 9.10. The van der Waals surface area contributed by atoms with Crippen LogP contribution in [0.2, 0.25) is 0 Å². The van der Waals surface area contributed by atoms with Crippen LogP contribution < -0.4 is 0 Å². The van der Waals surface area contributed by atoms with Crippen molar-refractivity contribution in [3.05, 3.63) is 80.8 Å². The summed E-state index contributed by atoms with van der Waals surface area (Å²) >= 11 is 7.27. The number of benzene rings is 2. The van der Waals surface area contributed by atoms with Crippen LogP contribution in [0.15, 0.2) is 69.6 Å². The first kappa shape index (κ1) is 34.7. The maximum atomic E-state index is 6.37. The van der Waals surface area contributed by atoms with Crippen molar-refractivity contribution in [2.75, 3.05) is 13.2 Å². The fourth-order valence-electron chi connectivity index (χ4n) is 7.58. The highest BCUT2D eigenvalue weighted by atomic mass is 79.9. The van der Waals surface area contributed by atoms with Crippen molar-refractivity contribution in [3.63, 3.8) is 0 Å². The quantitative estimate of drug-likeness (QED) is 0.158. The van der Waals surface area contributed by atoms with Gasteiger partial charge in [-0.25, -0.2) is 0 Å². The van der Waals surface area contributed by atoms with E-state index in [4.69, 9.17) is 4.74 Å². The molecule has 4 rings (SSSR count). The first-order chi connectivity index (χ1) is 21.1. The zero-order valence-corrected chi connectivity index (χ0v) is 30.1. The fraction of sp³-hybridized carbons (Fsp3) is 0.600. The van der Waals surface area contributed by atoms with E-state index >= 15 is 0 Å². The Labute approximate surface area is 280 Å². The van der Waals surface area contributed by atoms with Gasteiger partial charge in [-0.3, -0.25) is 0 Å². The van der Waals surface area contributed by atoms with E-state index in [-0.39, 0.29) is 0 Å². The van der Waals surface area contributed by atoms with E-state index in [2.05, 4.69) is 106 Å². The van der Waals surface area contributed by atoms with Gasteiger partial charge in [-0.1, -0.05) is 133 Å². The Morgan fingerprint density at radius 2 is 0.953 bits per heavy atom. The van der Waals surface area contributed by atoms with Crippen molar-refractivity contribution >= 4 is 43.0 Å². The lowest BCUT2D eigenvalue weighted by Gasteiger charge is -2.31. The second-order valence-corrected chi connectivity index (χ2v) is 15.1. The lowest BCUT2D eigenvalue weighted by Crippen LogP contribution is -2.17. The molecule has 2 aliphatic rings. The molecule has 236 valence electrons. The van der Waals surface area contributed by atoms with Crippen LogP contribution in [-0.2, 0) is 4.74 Å². The Morgan fingerprint density at radius 1 is 0.581 bits per heavy atom. The molecule has 43 heavy (non-hydrogen) atoms. The van der Waals surface area contributed by atoms with Gasteiger partial charge in [0, 0.05) is 8.95 Å². The monoisotopic (exact) mass is 710 g/mol. The van der Waals surface area contributed by atoms with E-state index in [1.54, 1.807) is 0 Å². The van der Waals surface area contributed by atoms with Gasteiger partial charge in [0.25, 0.3) is 0 Å². The molecule has 0 heterocycles. The standard InChI is InChI=1S/C40H56Br2O/c1-3-5-7-9-31-11-15-33(16-12-31)39(35-19-23-37(41)24-20-35)27-29-43-30-28-40(36-21-25-38(42)26-22-36)34-17-13-32(14-18-34)10-8-6-4-2/h19-28,31-34H,3-18,29-30H2,1-2H3/t31-,32-,33-,34-. The summed E-state index contributed by atoms with van der Waals surface area (Å²) in [5, 5.41) is 0. The number of ether oxygens (including phenoxy) is 1. The molecule has 2 aromatic rings. The Bertz CT molecular complexity index is 1010. The molecule has 2 aliphatic carbocycles. The average Bonchev–Trinajstić information content (AvgIpc) is 3.03. The lowest BCUT2D eigenvalue weighted by molar-refractivity contribution is 0.193. The molecule has 2 saturated carbocycles. The Hall–Kier alpha value is -1.16. The molecule has 0 radical (unpaired) electrons. The minimum absolute atomic E-state index is 0.647. The van der Waals surface area contributed by atoms with Crippen molar-refractivity contribution in [1.29, 1.82) is 0 Å². The summed E-state index contributed by atoms with van der Waals surface area (Å²) in [5.41, 5.74) is 5.72. The van der Waals surface area contributed by atoms with Crippen LogP contribution in [0.4, 0.5) is 0 Å². The van der Waals surface area contributed by atoms with E-state index in [1.165, 1.54) is 125 Å². The van der Waals surface area contributed by atoms with Crippen LogP contribution >= 0.6 is 31.9 Å². The molecule has 3 heteroatoms. The van der Waals surface area contributed by atoms with Crippen molar-refractivity contribution in [2.24, 2.45) is 23.7 Å². The zero-order valence-electron chi connectivity index (χ0n) is 27.0. The summed E-state index contributed by atoms with van der Waals surface area (Å²) in [6.07, 6.45) is 26.7. The van der Waals surface area contributed by atoms with Gasteiger partial charge in [0.1, 0.15) is 0 Å². The average molecular weight is 713 g/mol. The van der Waals surface area contributed by atoms with Crippen LogP contribution in [0, 0.1) is 23.7 Å². The third-order valence-electron chi connectivity index (χ3n) is 10.2. The summed E-state index contributed by atoms with van der Waals surface area (Å²) in [7, 11) is 0. The van der Waals surface area contributed by atoms with Crippen LogP contribution in [-0.4, -0.2) is 13.2 Å². The number of halogens is 2. The number of hydrogen-bond donors (Lipinski definition) is 0. The Kier molecular flexibility index (Phi) is 15.6.